The van der Waals surface area contributed by atoms with Crippen LogP contribution in [-0.4, -0.2) is 99.9 Å². The van der Waals surface area contributed by atoms with Gasteiger partial charge >= 0.3 is 5.97 Å². The number of aliphatic hydroxyl groups excluding tert-OH is 4. The number of methoxy groups -OCH3 is 2. The normalized spacial score (nSPS) is 32.8. The molecular weight excluding hydrogens is 644 g/mol. The number of ether oxygens (including phenoxy) is 6. The van der Waals surface area contributed by atoms with Gasteiger partial charge in [0.2, 0.25) is 17.6 Å². The molecule has 0 aliphatic carbocycles. The molecule has 8 rings (SSSR count). The summed E-state index contributed by atoms with van der Waals surface area (Å²) in [7, 11) is 4.79. The van der Waals surface area contributed by atoms with E-state index in [1.165, 1.54) is 32.4 Å². The molecule has 9 atom stereocenters. The molecule has 1 saturated heterocycles. The Hall–Kier alpha value is -4.77. The number of anilines is 1. The van der Waals surface area contributed by atoms with E-state index in [0.29, 0.717) is 46.0 Å². The predicted molar refractivity (Wildman–Crippen MR) is 168 cm³/mol. The van der Waals surface area contributed by atoms with Crippen LogP contribution >= 0.6 is 0 Å². The molecule has 0 aromatic heterocycles. The number of aliphatic carboxylic acids is 1. The number of phenolic OH excluding ortho intramolecular Hbond substituents is 1. The number of aromatic hydroxyl groups is 1. The van der Waals surface area contributed by atoms with Gasteiger partial charge in [0.05, 0.1) is 20.1 Å². The third-order valence-corrected chi connectivity index (χ3v) is 9.99. The van der Waals surface area contributed by atoms with Crippen LogP contribution in [0.4, 0.5) is 5.69 Å². The summed E-state index contributed by atoms with van der Waals surface area (Å²) in [6, 6.07) is 8.69. The van der Waals surface area contributed by atoms with E-state index >= 15 is 0 Å². The van der Waals surface area contributed by atoms with Gasteiger partial charge in [0.15, 0.2) is 29.1 Å². The number of carbonyl (C=O) groups is 1. The Morgan fingerprint density at radius 1 is 1.02 bits per heavy atom. The van der Waals surface area contributed by atoms with Gasteiger partial charge in [0.1, 0.15) is 35.8 Å². The first-order valence-electron chi connectivity index (χ1n) is 15.6. The fraction of sp³-hybridized carbons (Fsp3) is 0.382. The Balaban J connectivity index is 1.34. The number of carboxylic acid groups (broad SMARTS) is 1. The summed E-state index contributed by atoms with van der Waals surface area (Å²) < 4.78 is 36.6. The van der Waals surface area contributed by atoms with E-state index < -0.39 is 60.0 Å². The second kappa shape index (κ2) is 10.9. The van der Waals surface area contributed by atoms with Crippen molar-refractivity contribution < 1.29 is 63.9 Å². The van der Waals surface area contributed by atoms with Crippen LogP contribution in [0.25, 0.3) is 11.1 Å². The lowest BCUT2D eigenvalue weighted by atomic mass is 9.76. The number of aliphatic hydroxyl groups is 4. The van der Waals surface area contributed by atoms with E-state index in [1.54, 1.807) is 25.2 Å². The highest BCUT2D eigenvalue weighted by molar-refractivity contribution is 5.86. The molecule has 0 amide bonds. The molecule has 5 heterocycles. The highest BCUT2D eigenvalue weighted by Crippen LogP contribution is 2.63. The van der Waals surface area contributed by atoms with Crippen LogP contribution in [0.1, 0.15) is 28.7 Å². The quantitative estimate of drug-likeness (QED) is 0.171. The summed E-state index contributed by atoms with van der Waals surface area (Å²) in [4.78, 5) is 12.4. The van der Waals surface area contributed by atoms with Crippen molar-refractivity contribution in [3.63, 3.8) is 0 Å². The topological polar surface area (TPSA) is 218 Å². The number of rotatable bonds is 6. The van der Waals surface area contributed by atoms with Crippen LogP contribution in [0.15, 0.2) is 48.6 Å². The molecule has 0 saturated carbocycles. The lowest BCUT2D eigenvalue weighted by molar-refractivity contribution is -0.356. The van der Waals surface area contributed by atoms with Crippen molar-refractivity contribution >= 4 is 11.7 Å². The Morgan fingerprint density at radius 2 is 1.82 bits per heavy atom. The largest absolute Gasteiger partial charge is 0.508 e. The third kappa shape index (κ3) is 4.14. The minimum atomic E-state index is -2.43. The van der Waals surface area contributed by atoms with Crippen LogP contribution in [0.5, 0.6) is 34.5 Å². The van der Waals surface area contributed by atoms with Crippen molar-refractivity contribution in [1.29, 1.82) is 0 Å². The summed E-state index contributed by atoms with van der Waals surface area (Å²) in [6.45, 7) is 0.407. The first-order chi connectivity index (χ1) is 23.5. The Morgan fingerprint density at radius 3 is 2.51 bits per heavy atom. The van der Waals surface area contributed by atoms with E-state index in [1.807, 2.05) is 6.07 Å². The standard InChI is InChI=1S/C34H34N2O13/c1-35-12-14-10-18(44-2)25(45-3)28-20(14)22-26(46-28)21-16(13-5-4-6-15(37)9-13)11-17-23(27(21)47-31(22)41)36-19-7-8-33(32(42)43)29(39)24(38)30(40)34(19,48-17)49-33/h4-11,19,22,24,26,29-31,35-41H,12H2,1-3H3,(H,42,43)/t19-,22+,24+,26+,29+,30-,31+,33+,34-/m1/s1. The number of nitrogens with one attached hydrogen (secondary N) is 2. The SMILES string of the molecule is CNCc1cc(OC)c(OC)c2c1[C@@H]1[C@@H](O)Oc3c4c(cc(-c5cccc(O)c5)c3[C@@H]1O2)O[C@@]12O[C@@](C(=O)O)(C=C[C@H]1N4)[C@@H](O)[C@H](O)[C@H]2O. The zero-order valence-electron chi connectivity index (χ0n) is 26.4. The fourth-order valence-corrected chi connectivity index (χ4v) is 7.77. The van der Waals surface area contributed by atoms with Crippen molar-refractivity contribution in [3.05, 3.63) is 65.2 Å². The second-order valence-electron chi connectivity index (χ2n) is 12.6. The first kappa shape index (κ1) is 31.5. The molecular formula is C34H34N2O13. The molecule has 2 bridgehead atoms. The molecule has 0 unspecified atom stereocenters. The van der Waals surface area contributed by atoms with Gasteiger partial charge in [-0.2, -0.15) is 0 Å². The molecule has 8 N–H and O–H groups in total. The number of carboxylic acids is 1. The maximum atomic E-state index is 12.4. The van der Waals surface area contributed by atoms with Crippen molar-refractivity contribution in [2.75, 3.05) is 26.6 Å². The summed E-state index contributed by atoms with van der Waals surface area (Å²) >= 11 is 0. The van der Waals surface area contributed by atoms with E-state index in [9.17, 15) is 35.4 Å². The Bertz CT molecular complexity index is 1920. The van der Waals surface area contributed by atoms with E-state index in [4.69, 9.17) is 28.4 Å². The molecule has 15 heteroatoms. The number of hydrogen-bond acceptors (Lipinski definition) is 14. The van der Waals surface area contributed by atoms with Gasteiger partial charge < -0.3 is 69.7 Å². The molecule has 1 spiro atoms. The van der Waals surface area contributed by atoms with Gasteiger partial charge in [-0.1, -0.05) is 18.2 Å². The van der Waals surface area contributed by atoms with E-state index in [2.05, 4.69) is 10.6 Å². The summed E-state index contributed by atoms with van der Waals surface area (Å²) in [5.41, 5.74) is 0.667. The summed E-state index contributed by atoms with van der Waals surface area (Å²) in [5.74, 6) is -3.34. The zero-order valence-corrected chi connectivity index (χ0v) is 26.4. The van der Waals surface area contributed by atoms with E-state index in [0.717, 1.165) is 11.6 Å². The van der Waals surface area contributed by atoms with Gasteiger partial charge in [0, 0.05) is 17.7 Å². The fourth-order valence-electron chi connectivity index (χ4n) is 7.77. The molecule has 5 aliphatic heterocycles. The lowest BCUT2D eigenvalue weighted by Crippen LogP contribution is -2.79. The van der Waals surface area contributed by atoms with Gasteiger partial charge in [-0.25, -0.2) is 4.79 Å². The average Bonchev–Trinajstić information content (AvgIpc) is 3.50. The van der Waals surface area contributed by atoms with Crippen LogP contribution in [0.3, 0.4) is 0 Å². The van der Waals surface area contributed by atoms with Gasteiger partial charge in [0.25, 0.3) is 5.79 Å². The number of fused-ring (bicyclic) bond motifs is 8. The second-order valence-corrected chi connectivity index (χ2v) is 12.6. The Kier molecular flexibility index (Phi) is 6.98. The minimum absolute atomic E-state index is 0.00172. The van der Waals surface area contributed by atoms with Crippen molar-refractivity contribution in [2.24, 2.45) is 0 Å². The first-order valence-corrected chi connectivity index (χ1v) is 15.6. The maximum absolute atomic E-state index is 12.4. The zero-order chi connectivity index (χ0) is 34.6. The molecule has 5 aliphatic rings. The maximum Gasteiger partial charge on any atom is 0.343 e. The lowest BCUT2D eigenvalue weighted by Gasteiger charge is -2.57. The molecule has 3 aromatic carbocycles. The van der Waals surface area contributed by atoms with Crippen LogP contribution in [0, 0.1) is 0 Å². The monoisotopic (exact) mass is 678 g/mol. The smallest absolute Gasteiger partial charge is 0.343 e. The molecule has 3 aromatic rings. The average molecular weight is 679 g/mol. The molecule has 0 radical (unpaired) electrons. The third-order valence-electron chi connectivity index (χ3n) is 9.99. The number of benzene rings is 3. The highest BCUT2D eigenvalue weighted by Gasteiger charge is 2.70. The molecule has 1 fully saturated rings. The van der Waals surface area contributed by atoms with Crippen LogP contribution < -0.4 is 34.3 Å². The van der Waals surface area contributed by atoms with Gasteiger partial charge in [-0.15, -0.1) is 0 Å². The van der Waals surface area contributed by atoms with Crippen LogP contribution in [-0.2, 0) is 16.1 Å². The molecule has 15 nitrogen and oxygen atoms in total. The van der Waals surface area contributed by atoms with Crippen molar-refractivity contribution in [3.8, 4) is 45.6 Å². The summed E-state index contributed by atoms with van der Waals surface area (Å²) in [6.07, 6.45) is -5.74. The minimum Gasteiger partial charge on any atom is -0.508 e. The number of hydrogen-bond donors (Lipinski definition) is 8. The van der Waals surface area contributed by atoms with Gasteiger partial charge in [-0.3, -0.25) is 0 Å². The number of phenols is 1. The van der Waals surface area contributed by atoms with Gasteiger partial charge in [-0.05, 0) is 54.1 Å². The Labute approximate surface area is 278 Å². The van der Waals surface area contributed by atoms with E-state index in [-0.39, 0.29) is 22.9 Å². The molecule has 49 heavy (non-hydrogen) atoms. The predicted octanol–water partition coefficient (Wildman–Crippen LogP) is 1.10. The highest BCUT2D eigenvalue weighted by atomic mass is 16.7. The van der Waals surface area contributed by atoms with Crippen molar-refractivity contribution in [2.45, 2.75) is 60.6 Å². The molecule has 258 valence electrons. The van der Waals surface area contributed by atoms with Crippen molar-refractivity contribution in [1.82, 2.24) is 5.32 Å². The summed E-state index contributed by atoms with van der Waals surface area (Å²) in [5, 5.41) is 71.5. The van der Waals surface area contributed by atoms with Crippen LogP contribution in [0.2, 0.25) is 0 Å².